The molecule has 130 valence electrons. The molecule has 24 heavy (non-hydrogen) atoms. The smallest absolute Gasteiger partial charge is 0.409 e. The van der Waals surface area contributed by atoms with Gasteiger partial charge in [0.15, 0.2) is 0 Å². The van der Waals surface area contributed by atoms with Gasteiger partial charge in [-0.15, -0.1) is 0 Å². The van der Waals surface area contributed by atoms with Gasteiger partial charge in [0.1, 0.15) is 5.75 Å². The van der Waals surface area contributed by atoms with Gasteiger partial charge in [-0.25, -0.2) is 4.79 Å². The van der Waals surface area contributed by atoms with E-state index in [0.29, 0.717) is 11.7 Å². The number of ether oxygens (including phenoxy) is 1. The number of hydrogen-bond donors (Lipinski definition) is 1. The predicted octanol–water partition coefficient (Wildman–Crippen LogP) is 6.25. The summed E-state index contributed by atoms with van der Waals surface area (Å²) in [7, 11) is 0. The van der Waals surface area contributed by atoms with Gasteiger partial charge >= 0.3 is 6.09 Å². The first kappa shape index (κ1) is 18.5. The van der Waals surface area contributed by atoms with Crippen LogP contribution in [-0.4, -0.2) is 6.09 Å². The summed E-state index contributed by atoms with van der Waals surface area (Å²) in [6.45, 7) is 6.60. The molecule has 1 aromatic carbocycles. The summed E-state index contributed by atoms with van der Waals surface area (Å²) in [5.74, 6) is 1.09. The first-order valence-electron chi connectivity index (χ1n) is 8.71. The van der Waals surface area contributed by atoms with Crippen molar-refractivity contribution in [2.45, 2.75) is 58.8 Å². The van der Waals surface area contributed by atoms with Crippen LogP contribution in [0.1, 0.15) is 63.0 Å². The Kier molecular flexibility index (Phi) is 6.85. The van der Waals surface area contributed by atoms with Crippen molar-refractivity contribution in [2.75, 3.05) is 0 Å². The van der Waals surface area contributed by atoms with Crippen LogP contribution in [0.3, 0.4) is 0 Å². The van der Waals surface area contributed by atoms with Crippen LogP contribution in [0.25, 0.3) is 11.1 Å². The third kappa shape index (κ3) is 4.38. The van der Waals surface area contributed by atoms with Crippen LogP contribution in [0.4, 0.5) is 4.79 Å². The number of nitrogens with two attached hydrogens (primary N) is 1. The average Bonchev–Trinajstić information content (AvgIpc) is 3.06. The summed E-state index contributed by atoms with van der Waals surface area (Å²) < 4.78 is 5.26. The molecular weight excluding hydrogens is 318 g/mol. The van der Waals surface area contributed by atoms with Gasteiger partial charge in [0.25, 0.3) is 0 Å². The summed E-state index contributed by atoms with van der Waals surface area (Å²) in [5.41, 5.74) is 9.86. The predicted molar refractivity (Wildman–Crippen MR) is 102 cm³/mol. The molecule has 1 heterocycles. The van der Waals surface area contributed by atoms with E-state index >= 15 is 0 Å². The highest BCUT2D eigenvalue weighted by atomic mass is 32.1. The van der Waals surface area contributed by atoms with Crippen molar-refractivity contribution in [2.24, 2.45) is 5.73 Å². The van der Waals surface area contributed by atoms with E-state index < -0.39 is 6.09 Å². The van der Waals surface area contributed by atoms with E-state index in [9.17, 15) is 4.79 Å². The molecule has 4 heteroatoms. The number of thiophene rings is 1. The lowest BCUT2D eigenvalue weighted by atomic mass is 9.85. The van der Waals surface area contributed by atoms with E-state index in [2.05, 4.69) is 38.3 Å². The van der Waals surface area contributed by atoms with Crippen LogP contribution in [-0.2, 0) is 0 Å². The van der Waals surface area contributed by atoms with Crippen LogP contribution in [0, 0.1) is 6.92 Å². The molecule has 0 aliphatic carbocycles. The number of hydrogen-bond acceptors (Lipinski definition) is 3. The monoisotopic (exact) mass is 345 g/mol. The molecule has 1 unspecified atom stereocenters. The molecule has 0 aliphatic rings. The molecule has 1 aromatic heterocycles. The van der Waals surface area contributed by atoms with Gasteiger partial charge in [-0.2, -0.15) is 11.3 Å². The highest BCUT2D eigenvalue weighted by Crippen LogP contribution is 2.40. The molecule has 0 bridgehead atoms. The lowest BCUT2D eigenvalue weighted by molar-refractivity contribution is 0.211. The van der Waals surface area contributed by atoms with E-state index in [-0.39, 0.29) is 0 Å². The molecule has 1 amide bonds. The van der Waals surface area contributed by atoms with Crippen molar-refractivity contribution in [1.82, 2.24) is 0 Å². The summed E-state index contributed by atoms with van der Waals surface area (Å²) in [5, 5.41) is 4.12. The average molecular weight is 346 g/mol. The Morgan fingerprint density at radius 1 is 1.25 bits per heavy atom. The molecule has 0 saturated carbocycles. The molecule has 3 nitrogen and oxygen atoms in total. The van der Waals surface area contributed by atoms with Gasteiger partial charge in [0, 0.05) is 5.56 Å². The highest BCUT2D eigenvalue weighted by molar-refractivity contribution is 7.08. The fourth-order valence-electron chi connectivity index (χ4n) is 3.32. The molecule has 2 rings (SSSR count). The Bertz CT molecular complexity index is 665. The van der Waals surface area contributed by atoms with Crippen LogP contribution >= 0.6 is 11.3 Å². The van der Waals surface area contributed by atoms with E-state index in [4.69, 9.17) is 10.5 Å². The van der Waals surface area contributed by atoms with Crippen molar-refractivity contribution >= 4 is 17.4 Å². The SMILES string of the molecule is CCCCCC(CC)c1ccc(OC(N)=O)c(-c2ccsc2)c1C. The van der Waals surface area contributed by atoms with Crippen LogP contribution in [0.15, 0.2) is 29.0 Å². The summed E-state index contributed by atoms with van der Waals surface area (Å²) in [6.07, 6.45) is 5.31. The molecule has 0 fully saturated rings. The Balaban J connectivity index is 2.43. The first-order valence-corrected chi connectivity index (χ1v) is 9.66. The number of primary amides is 1. The number of benzene rings is 1. The maximum Gasteiger partial charge on any atom is 0.409 e. The maximum absolute atomic E-state index is 11.3. The zero-order valence-electron chi connectivity index (χ0n) is 14.8. The van der Waals surface area contributed by atoms with Crippen molar-refractivity contribution < 1.29 is 9.53 Å². The van der Waals surface area contributed by atoms with Crippen molar-refractivity contribution in [3.8, 4) is 16.9 Å². The van der Waals surface area contributed by atoms with Gasteiger partial charge in [-0.05, 0) is 65.3 Å². The zero-order chi connectivity index (χ0) is 17.5. The zero-order valence-corrected chi connectivity index (χ0v) is 15.6. The minimum atomic E-state index is -0.770. The summed E-state index contributed by atoms with van der Waals surface area (Å²) in [6, 6.07) is 6.05. The molecule has 0 spiro atoms. The largest absolute Gasteiger partial charge is 0.410 e. The first-order chi connectivity index (χ1) is 11.6. The van der Waals surface area contributed by atoms with E-state index in [1.54, 1.807) is 11.3 Å². The molecular formula is C20H27NO2S. The van der Waals surface area contributed by atoms with Crippen LogP contribution < -0.4 is 10.5 Å². The van der Waals surface area contributed by atoms with Gasteiger partial charge in [-0.1, -0.05) is 39.2 Å². The maximum atomic E-state index is 11.3. The van der Waals surface area contributed by atoms with E-state index in [0.717, 1.165) is 17.5 Å². The van der Waals surface area contributed by atoms with Crippen molar-refractivity contribution in [1.29, 1.82) is 0 Å². The fraction of sp³-hybridized carbons (Fsp3) is 0.450. The second-order valence-electron chi connectivity index (χ2n) is 6.19. The Labute approximate surface area is 148 Å². The molecule has 2 N–H and O–H groups in total. The van der Waals surface area contributed by atoms with Gasteiger partial charge in [0.05, 0.1) is 0 Å². The van der Waals surface area contributed by atoms with E-state index in [1.807, 2.05) is 11.4 Å². The van der Waals surface area contributed by atoms with Gasteiger partial charge < -0.3 is 10.5 Å². The van der Waals surface area contributed by atoms with Crippen LogP contribution in [0.2, 0.25) is 0 Å². The minimum Gasteiger partial charge on any atom is -0.410 e. The topological polar surface area (TPSA) is 52.3 Å². The Hall–Kier alpha value is -1.81. The third-order valence-electron chi connectivity index (χ3n) is 4.58. The molecule has 2 aromatic rings. The molecule has 0 saturated heterocycles. The summed E-state index contributed by atoms with van der Waals surface area (Å²) in [4.78, 5) is 11.3. The number of carbonyl (C=O) groups is 1. The standard InChI is InChI=1S/C20H27NO2S/c1-4-6-7-8-15(5-2)17-9-10-18(23-20(21)22)19(14(17)3)16-11-12-24-13-16/h9-13,15H,4-8H2,1-3H3,(H2,21,22). The minimum absolute atomic E-state index is 0.538. The van der Waals surface area contributed by atoms with Gasteiger partial charge in [-0.3, -0.25) is 0 Å². The van der Waals surface area contributed by atoms with Crippen molar-refractivity contribution in [3.05, 3.63) is 40.1 Å². The molecule has 1 atom stereocenters. The highest BCUT2D eigenvalue weighted by Gasteiger charge is 2.19. The molecule has 0 radical (unpaired) electrons. The van der Waals surface area contributed by atoms with E-state index in [1.165, 1.54) is 36.8 Å². The quantitative estimate of drug-likeness (QED) is 0.574. The second-order valence-corrected chi connectivity index (χ2v) is 6.97. The molecule has 0 aliphatic heterocycles. The number of unbranched alkanes of at least 4 members (excludes halogenated alkanes) is 2. The van der Waals surface area contributed by atoms with Crippen LogP contribution in [0.5, 0.6) is 5.75 Å². The second kappa shape index (κ2) is 8.88. The lowest BCUT2D eigenvalue weighted by Gasteiger charge is -2.21. The van der Waals surface area contributed by atoms with Crippen molar-refractivity contribution in [3.63, 3.8) is 0 Å². The van der Waals surface area contributed by atoms with Gasteiger partial charge in [0.2, 0.25) is 0 Å². The normalized spacial score (nSPS) is 12.1. The third-order valence-corrected chi connectivity index (χ3v) is 5.26. The number of rotatable bonds is 8. The summed E-state index contributed by atoms with van der Waals surface area (Å²) >= 11 is 1.64. The number of amides is 1. The fourth-order valence-corrected chi connectivity index (χ4v) is 3.97. The Morgan fingerprint density at radius 3 is 2.62 bits per heavy atom. The Morgan fingerprint density at radius 2 is 2.04 bits per heavy atom. The number of carbonyl (C=O) groups excluding carboxylic acids is 1. The lowest BCUT2D eigenvalue weighted by Crippen LogP contribution is -2.17.